The first kappa shape index (κ1) is 24.6. The molecule has 33 heavy (non-hydrogen) atoms. The van der Waals surface area contributed by atoms with Gasteiger partial charge in [0.25, 0.3) is 0 Å². The lowest BCUT2D eigenvalue weighted by atomic mass is 9.54. The molecule has 0 radical (unpaired) electrons. The van der Waals surface area contributed by atoms with Gasteiger partial charge in [-0.05, 0) is 84.7 Å². The summed E-state index contributed by atoms with van der Waals surface area (Å²) in [6.45, 7) is 16.0. The number of rotatable bonds is 6. The maximum absolute atomic E-state index is 11.5. The van der Waals surface area contributed by atoms with E-state index in [4.69, 9.17) is 4.74 Å². The third-order valence-corrected chi connectivity index (χ3v) is 9.98. The van der Waals surface area contributed by atoms with Gasteiger partial charge in [0, 0.05) is 18.8 Å². The molecule has 4 aliphatic rings. The van der Waals surface area contributed by atoms with E-state index in [0.717, 1.165) is 31.1 Å². The van der Waals surface area contributed by atoms with Gasteiger partial charge in [-0.3, -0.25) is 4.79 Å². The zero-order chi connectivity index (χ0) is 24.0. The molecule has 0 aliphatic heterocycles. The smallest absolute Gasteiger partial charge is 0.302 e. The van der Waals surface area contributed by atoms with E-state index < -0.39 is 0 Å². The molecule has 2 saturated carbocycles. The molecular weight excluding hydrogens is 404 g/mol. The van der Waals surface area contributed by atoms with Crippen LogP contribution in [0.1, 0.15) is 93.4 Å². The normalized spacial score (nSPS) is 37.5. The summed E-state index contributed by atoms with van der Waals surface area (Å²) < 4.78 is 5.58. The lowest BCUT2D eigenvalue weighted by Gasteiger charge is -2.50. The standard InChI is InChI=1S/C31H46O2/c1-8-23(20(2)3)10-9-21(4)27-13-14-28-26-12-11-24-19-25(33-22(5)32)15-17-30(24,6)29(26)16-18-31(27,28)7/h9-12,16,20-21,23,25,27-28H,8,13-15,17-19H2,1-7H3. The Balaban J connectivity index is 1.56. The Bertz CT molecular complexity index is 887. The molecule has 2 fully saturated rings. The fourth-order valence-corrected chi connectivity index (χ4v) is 7.86. The van der Waals surface area contributed by atoms with Crippen molar-refractivity contribution in [2.75, 3.05) is 0 Å². The van der Waals surface area contributed by atoms with E-state index >= 15 is 0 Å². The highest BCUT2D eigenvalue weighted by atomic mass is 16.5. The number of esters is 1. The van der Waals surface area contributed by atoms with Crippen LogP contribution in [0.5, 0.6) is 0 Å². The van der Waals surface area contributed by atoms with E-state index in [2.05, 4.69) is 71.9 Å². The highest BCUT2D eigenvalue weighted by Gasteiger charge is 2.54. The van der Waals surface area contributed by atoms with Crippen LogP contribution >= 0.6 is 0 Å². The number of carbonyl (C=O) groups is 1. The van der Waals surface area contributed by atoms with E-state index in [-0.39, 0.29) is 17.5 Å². The first-order valence-corrected chi connectivity index (χ1v) is 13.6. The van der Waals surface area contributed by atoms with Crippen molar-refractivity contribution in [3.8, 4) is 0 Å². The van der Waals surface area contributed by atoms with Crippen LogP contribution in [0.4, 0.5) is 0 Å². The number of hydrogen-bond acceptors (Lipinski definition) is 2. The molecule has 4 aliphatic carbocycles. The maximum atomic E-state index is 11.5. The third kappa shape index (κ3) is 4.32. The van der Waals surface area contributed by atoms with E-state index in [1.165, 1.54) is 38.2 Å². The van der Waals surface area contributed by atoms with Crippen LogP contribution in [-0.4, -0.2) is 12.1 Å². The largest absolute Gasteiger partial charge is 0.462 e. The minimum absolute atomic E-state index is 0.0486. The first-order valence-electron chi connectivity index (χ1n) is 13.6. The van der Waals surface area contributed by atoms with Crippen molar-refractivity contribution in [2.24, 2.45) is 40.4 Å². The van der Waals surface area contributed by atoms with Crippen LogP contribution in [-0.2, 0) is 9.53 Å². The SMILES string of the molecule is CCC(C=CC(C)C1CCC2C3=CC=C4CC(OC(C)=O)CCC4(C)C3=CCC21C)C(C)C. The lowest BCUT2D eigenvalue weighted by molar-refractivity contribution is -0.147. The summed E-state index contributed by atoms with van der Waals surface area (Å²) in [6, 6.07) is 0. The molecule has 0 heterocycles. The molecule has 4 rings (SSSR count). The van der Waals surface area contributed by atoms with Gasteiger partial charge in [0.2, 0.25) is 0 Å². The van der Waals surface area contributed by atoms with Crippen LogP contribution < -0.4 is 0 Å². The van der Waals surface area contributed by atoms with E-state index in [1.807, 2.05) is 0 Å². The number of hydrogen-bond donors (Lipinski definition) is 0. The molecule has 0 bridgehead atoms. The van der Waals surface area contributed by atoms with Crippen molar-refractivity contribution in [3.63, 3.8) is 0 Å². The minimum Gasteiger partial charge on any atom is -0.462 e. The van der Waals surface area contributed by atoms with Crippen LogP contribution in [0, 0.1) is 40.4 Å². The Labute approximate surface area is 202 Å². The van der Waals surface area contributed by atoms with Crippen molar-refractivity contribution in [2.45, 2.75) is 99.5 Å². The molecule has 2 nitrogen and oxygen atoms in total. The number of carbonyl (C=O) groups excluding carboxylic acids is 1. The summed E-state index contributed by atoms with van der Waals surface area (Å²) >= 11 is 0. The van der Waals surface area contributed by atoms with E-state index in [9.17, 15) is 4.79 Å². The summed E-state index contributed by atoms with van der Waals surface area (Å²) in [7, 11) is 0. The van der Waals surface area contributed by atoms with Gasteiger partial charge in [-0.15, -0.1) is 0 Å². The zero-order valence-corrected chi connectivity index (χ0v) is 22.1. The second-order valence-electron chi connectivity index (χ2n) is 12.2. The molecule has 0 spiro atoms. The molecule has 7 unspecified atom stereocenters. The van der Waals surface area contributed by atoms with Gasteiger partial charge in [0.05, 0.1) is 0 Å². The van der Waals surface area contributed by atoms with Crippen molar-refractivity contribution < 1.29 is 9.53 Å². The van der Waals surface area contributed by atoms with Crippen LogP contribution in [0.15, 0.2) is 47.1 Å². The molecule has 7 atom stereocenters. The number of allylic oxidation sites excluding steroid dienone is 7. The molecule has 0 N–H and O–H groups in total. The molecule has 0 amide bonds. The molecule has 2 heteroatoms. The zero-order valence-electron chi connectivity index (χ0n) is 22.1. The average Bonchev–Trinajstić information content (AvgIpc) is 3.11. The van der Waals surface area contributed by atoms with Crippen molar-refractivity contribution in [1.82, 2.24) is 0 Å². The molecule has 0 aromatic carbocycles. The van der Waals surface area contributed by atoms with Crippen molar-refractivity contribution in [3.05, 3.63) is 47.1 Å². The summed E-state index contributed by atoms with van der Waals surface area (Å²) in [5, 5.41) is 0. The molecule has 0 aromatic rings. The number of ether oxygens (including phenoxy) is 1. The maximum Gasteiger partial charge on any atom is 0.302 e. The fourth-order valence-electron chi connectivity index (χ4n) is 7.86. The van der Waals surface area contributed by atoms with Gasteiger partial charge in [0.15, 0.2) is 0 Å². The Morgan fingerprint density at radius 1 is 1.15 bits per heavy atom. The minimum atomic E-state index is -0.150. The second-order valence-corrected chi connectivity index (χ2v) is 12.2. The predicted molar refractivity (Wildman–Crippen MR) is 138 cm³/mol. The van der Waals surface area contributed by atoms with Gasteiger partial charge < -0.3 is 4.74 Å². The highest BCUT2D eigenvalue weighted by molar-refractivity contribution is 5.66. The first-order chi connectivity index (χ1) is 15.6. The van der Waals surface area contributed by atoms with Gasteiger partial charge >= 0.3 is 5.97 Å². The quantitative estimate of drug-likeness (QED) is 0.301. The van der Waals surface area contributed by atoms with E-state index in [1.54, 1.807) is 11.1 Å². The van der Waals surface area contributed by atoms with Crippen LogP contribution in [0.2, 0.25) is 0 Å². The van der Waals surface area contributed by atoms with Gasteiger partial charge in [-0.1, -0.05) is 77.5 Å². The predicted octanol–water partition coefficient (Wildman–Crippen LogP) is 8.21. The van der Waals surface area contributed by atoms with Gasteiger partial charge in [-0.2, -0.15) is 0 Å². The summed E-state index contributed by atoms with van der Waals surface area (Å²) in [6.07, 6.45) is 20.6. The third-order valence-electron chi connectivity index (χ3n) is 9.98. The Morgan fingerprint density at radius 2 is 1.91 bits per heavy atom. The van der Waals surface area contributed by atoms with Crippen LogP contribution in [0.25, 0.3) is 0 Å². The van der Waals surface area contributed by atoms with Gasteiger partial charge in [0.1, 0.15) is 6.10 Å². The molecular formula is C31H46O2. The van der Waals surface area contributed by atoms with Crippen LogP contribution in [0.3, 0.4) is 0 Å². The molecule has 0 saturated heterocycles. The van der Waals surface area contributed by atoms with Crippen molar-refractivity contribution in [1.29, 1.82) is 0 Å². The Morgan fingerprint density at radius 3 is 2.58 bits per heavy atom. The molecule has 182 valence electrons. The van der Waals surface area contributed by atoms with E-state index in [0.29, 0.717) is 23.2 Å². The monoisotopic (exact) mass is 450 g/mol. The topological polar surface area (TPSA) is 26.3 Å². The highest BCUT2D eigenvalue weighted by Crippen LogP contribution is 2.64. The number of fused-ring (bicyclic) bond motifs is 5. The summed E-state index contributed by atoms with van der Waals surface area (Å²) in [5.74, 6) is 3.32. The summed E-state index contributed by atoms with van der Waals surface area (Å²) in [4.78, 5) is 11.5. The summed E-state index contributed by atoms with van der Waals surface area (Å²) in [5.41, 5.74) is 5.16. The Kier molecular flexibility index (Phi) is 6.87. The van der Waals surface area contributed by atoms with Gasteiger partial charge in [-0.25, -0.2) is 0 Å². The fraction of sp³-hybridized carbons (Fsp3) is 0.710. The lowest BCUT2D eigenvalue weighted by Crippen LogP contribution is -2.41. The second kappa shape index (κ2) is 9.23. The average molecular weight is 451 g/mol. The Hall–Kier alpha value is -1.57. The van der Waals surface area contributed by atoms with Crippen molar-refractivity contribution >= 4 is 5.97 Å². The molecule has 0 aromatic heterocycles.